The molecule has 2 aromatic carbocycles. The van der Waals surface area contributed by atoms with Crippen molar-refractivity contribution in [2.24, 2.45) is 0 Å². The van der Waals surface area contributed by atoms with Crippen molar-refractivity contribution in [2.45, 2.75) is 26.3 Å². The predicted molar refractivity (Wildman–Crippen MR) is 103 cm³/mol. The molecule has 30 heavy (non-hydrogen) atoms. The van der Waals surface area contributed by atoms with Crippen molar-refractivity contribution < 1.29 is 26.7 Å². The monoisotopic (exact) mass is 424 g/mol. The minimum absolute atomic E-state index is 0.0312. The van der Waals surface area contributed by atoms with Gasteiger partial charge in [-0.25, -0.2) is 13.8 Å². The van der Waals surface area contributed by atoms with Crippen LogP contribution in [-0.4, -0.2) is 22.4 Å². The molecule has 3 aromatic rings. The first-order valence-corrected chi connectivity index (χ1v) is 8.83. The summed E-state index contributed by atoms with van der Waals surface area (Å²) in [5.41, 5.74) is 0.883. The number of nitrogens with one attached hydrogen (secondary N) is 2. The number of hydrogen-bond acceptors (Lipinski definition) is 5. The van der Waals surface area contributed by atoms with Crippen molar-refractivity contribution in [3.63, 3.8) is 0 Å². The molecule has 0 aliphatic rings. The highest BCUT2D eigenvalue weighted by Gasteiger charge is 2.31. The van der Waals surface area contributed by atoms with Crippen molar-refractivity contribution in [3.8, 4) is 17.0 Å². The van der Waals surface area contributed by atoms with Gasteiger partial charge in [0.25, 0.3) is 0 Å². The van der Waals surface area contributed by atoms with Crippen LogP contribution in [0.1, 0.15) is 13.8 Å². The number of aromatic nitrogens is 2. The molecule has 0 aliphatic carbocycles. The normalized spacial score (nSPS) is 11.5. The van der Waals surface area contributed by atoms with Gasteiger partial charge in [-0.2, -0.15) is 4.98 Å². The topological polar surface area (TPSA) is 59.1 Å². The molecule has 10 heteroatoms. The summed E-state index contributed by atoms with van der Waals surface area (Å²) in [4.78, 5) is 8.59. The molecule has 0 fully saturated rings. The van der Waals surface area contributed by atoms with Crippen LogP contribution in [0.15, 0.2) is 48.5 Å². The van der Waals surface area contributed by atoms with Gasteiger partial charge >= 0.3 is 6.36 Å². The molecule has 0 atom stereocenters. The van der Waals surface area contributed by atoms with Gasteiger partial charge in [0.1, 0.15) is 11.6 Å². The first kappa shape index (κ1) is 21.3. The maximum atomic E-state index is 13.5. The summed E-state index contributed by atoms with van der Waals surface area (Å²) in [6.45, 7) is 3.71. The van der Waals surface area contributed by atoms with E-state index < -0.39 is 23.7 Å². The second-order valence-corrected chi connectivity index (χ2v) is 6.59. The smallest absolute Gasteiger partial charge is 0.406 e. The molecule has 0 bridgehead atoms. The third-order valence-electron chi connectivity index (χ3n) is 3.70. The zero-order valence-electron chi connectivity index (χ0n) is 15.9. The Morgan fingerprint density at radius 2 is 1.70 bits per heavy atom. The predicted octanol–water partition coefficient (Wildman–Crippen LogP) is 5.88. The summed E-state index contributed by atoms with van der Waals surface area (Å²) in [6, 6.07) is 10.0. The summed E-state index contributed by atoms with van der Waals surface area (Å²) in [5, 5.41) is 5.85. The fourth-order valence-electron chi connectivity index (χ4n) is 2.56. The average molecular weight is 424 g/mol. The Labute approximate surface area is 168 Å². The number of hydrogen-bond donors (Lipinski definition) is 2. The van der Waals surface area contributed by atoms with Crippen LogP contribution in [-0.2, 0) is 0 Å². The highest BCUT2D eigenvalue weighted by Crippen LogP contribution is 2.29. The third kappa shape index (κ3) is 5.79. The summed E-state index contributed by atoms with van der Waals surface area (Å²) < 4.78 is 68.2. The van der Waals surface area contributed by atoms with E-state index in [2.05, 4.69) is 25.3 Å². The van der Waals surface area contributed by atoms with Crippen LogP contribution in [0.25, 0.3) is 11.3 Å². The van der Waals surface area contributed by atoms with E-state index in [1.807, 2.05) is 13.8 Å². The minimum Gasteiger partial charge on any atom is -0.406 e. The minimum atomic E-state index is -4.83. The van der Waals surface area contributed by atoms with Gasteiger partial charge in [0.2, 0.25) is 5.95 Å². The molecule has 0 amide bonds. The van der Waals surface area contributed by atoms with Crippen LogP contribution in [0.4, 0.5) is 39.4 Å². The third-order valence-corrected chi connectivity index (χ3v) is 3.70. The molecule has 0 saturated carbocycles. The zero-order valence-corrected chi connectivity index (χ0v) is 15.9. The van der Waals surface area contributed by atoms with Crippen LogP contribution in [0.5, 0.6) is 5.75 Å². The molecule has 3 rings (SSSR count). The summed E-state index contributed by atoms with van der Waals surface area (Å²) in [5.74, 6) is -1.99. The lowest BCUT2D eigenvalue weighted by Gasteiger charge is -2.14. The van der Waals surface area contributed by atoms with Crippen LogP contribution in [0, 0.1) is 11.6 Å². The molecule has 0 spiro atoms. The molecule has 5 nitrogen and oxygen atoms in total. The van der Waals surface area contributed by atoms with Gasteiger partial charge in [-0.1, -0.05) is 12.1 Å². The second-order valence-electron chi connectivity index (χ2n) is 6.59. The Morgan fingerprint density at radius 3 is 2.37 bits per heavy atom. The number of nitrogens with zero attached hydrogens (tertiary/aromatic N) is 2. The van der Waals surface area contributed by atoms with E-state index in [0.29, 0.717) is 11.3 Å². The Balaban J connectivity index is 1.98. The van der Waals surface area contributed by atoms with E-state index in [1.54, 1.807) is 6.07 Å². The van der Waals surface area contributed by atoms with Crippen molar-refractivity contribution in [2.75, 3.05) is 10.6 Å². The van der Waals surface area contributed by atoms with Crippen LogP contribution >= 0.6 is 0 Å². The summed E-state index contributed by atoms with van der Waals surface area (Å²) in [6.07, 6.45) is -4.83. The number of halogens is 5. The fourth-order valence-corrected chi connectivity index (χ4v) is 2.56. The standard InChI is InChI=1S/C20H17F5N4O/c1-11(2)26-19-28-17(12-4-3-5-14(8-12)30-20(23,24)25)10-18(29-19)27-13-6-7-15(21)16(22)9-13/h3-11H,1-2H3,(H2,26,27,28,29). The molecule has 0 radical (unpaired) electrons. The Bertz CT molecular complexity index is 1040. The lowest BCUT2D eigenvalue weighted by Crippen LogP contribution is -2.17. The molecular weight excluding hydrogens is 407 g/mol. The molecule has 1 heterocycles. The molecule has 2 N–H and O–H groups in total. The zero-order chi connectivity index (χ0) is 21.9. The van der Waals surface area contributed by atoms with E-state index in [0.717, 1.165) is 12.1 Å². The molecule has 0 aliphatic heterocycles. The molecule has 158 valence electrons. The van der Waals surface area contributed by atoms with Gasteiger partial charge in [-0.3, -0.25) is 0 Å². The van der Waals surface area contributed by atoms with Gasteiger partial charge in [0.05, 0.1) is 5.69 Å². The molecule has 1 aromatic heterocycles. The lowest BCUT2D eigenvalue weighted by atomic mass is 10.1. The van der Waals surface area contributed by atoms with Gasteiger partial charge in [-0.05, 0) is 38.1 Å². The van der Waals surface area contributed by atoms with E-state index >= 15 is 0 Å². The highest BCUT2D eigenvalue weighted by molar-refractivity contribution is 5.68. The van der Waals surface area contributed by atoms with E-state index in [4.69, 9.17) is 0 Å². The second kappa shape index (κ2) is 8.52. The Morgan fingerprint density at radius 1 is 0.933 bits per heavy atom. The number of anilines is 3. The van der Waals surface area contributed by atoms with Gasteiger partial charge in [0, 0.05) is 29.4 Å². The SMILES string of the molecule is CC(C)Nc1nc(Nc2ccc(F)c(F)c2)cc(-c2cccc(OC(F)(F)F)c2)n1. The number of rotatable bonds is 6. The fraction of sp³-hybridized carbons (Fsp3) is 0.200. The first-order valence-electron chi connectivity index (χ1n) is 8.83. The number of ether oxygens (including phenoxy) is 1. The maximum Gasteiger partial charge on any atom is 0.573 e. The van der Waals surface area contributed by atoms with Crippen molar-refractivity contribution in [3.05, 3.63) is 60.2 Å². The van der Waals surface area contributed by atoms with E-state index in [9.17, 15) is 22.0 Å². The Kier molecular flexibility index (Phi) is 6.04. The van der Waals surface area contributed by atoms with Crippen LogP contribution in [0.3, 0.4) is 0 Å². The number of benzene rings is 2. The highest BCUT2D eigenvalue weighted by atomic mass is 19.4. The Hall–Kier alpha value is -3.43. The molecular formula is C20H17F5N4O. The number of alkyl halides is 3. The van der Waals surface area contributed by atoms with E-state index in [-0.39, 0.29) is 23.5 Å². The maximum absolute atomic E-state index is 13.5. The van der Waals surface area contributed by atoms with Gasteiger partial charge in [0.15, 0.2) is 11.6 Å². The van der Waals surface area contributed by atoms with E-state index in [1.165, 1.54) is 30.3 Å². The van der Waals surface area contributed by atoms with Crippen molar-refractivity contribution in [1.82, 2.24) is 9.97 Å². The lowest BCUT2D eigenvalue weighted by molar-refractivity contribution is -0.274. The quantitative estimate of drug-likeness (QED) is 0.484. The average Bonchev–Trinajstić information content (AvgIpc) is 2.63. The molecule has 0 unspecified atom stereocenters. The first-order chi connectivity index (χ1) is 14.1. The van der Waals surface area contributed by atoms with Gasteiger partial charge in [-0.15, -0.1) is 13.2 Å². The van der Waals surface area contributed by atoms with Crippen LogP contribution in [0.2, 0.25) is 0 Å². The largest absolute Gasteiger partial charge is 0.573 e. The van der Waals surface area contributed by atoms with Crippen molar-refractivity contribution >= 4 is 17.5 Å². The molecule has 0 saturated heterocycles. The van der Waals surface area contributed by atoms with Gasteiger partial charge < -0.3 is 15.4 Å². The van der Waals surface area contributed by atoms with Crippen molar-refractivity contribution in [1.29, 1.82) is 0 Å². The summed E-state index contributed by atoms with van der Waals surface area (Å²) in [7, 11) is 0. The summed E-state index contributed by atoms with van der Waals surface area (Å²) >= 11 is 0. The van der Waals surface area contributed by atoms with Crippen LogP contribution < -0.4 is 15.4 Å².